The number of amides is 1. The van der Waals surface area contributed by atoms with Gasteiger partial charge in [0.25, 0.3) is 5.91 Å². The highest BCUT2D eigenvalue weighted by Crippen LogP contribution is 2.37. The van der Waals surface area contributed by atoms with Crippen molar-refractivity contribution in [3.05, 3.63) is 45.8 Å². The fraction of sp³-hybridized carbons (Fsp3) is 0.389. The van der Waals surface area contributed by atoms with Crippen LogP contribution >= 0.6 is 15.9 Å². The molecule has 0 radical (unpaired) electrons. The maximum Gasteiger partial charge on any atom is 0.283 e. The Morgan fingerprint density at radius 1 is 1.30 bits per heavy atom. The van der Waals surface area contributed by atoms with E-state index in [1.807, 2.05) is 25.7 Å². The van der Waals surface area contributed by atoms with Gasteiger partial charge in [0.05, 0.1) is 18.6 Å². The maximum atomic E-state index is 14.2. The lowest BCUT2D eigenvalue weighted by Gasteiger charge is -2.33. The van der Waals surface area contributed by atoms with Crippen molar-refractivity contribution in [1.82, 2.24) is 14.5 Å². The van der Waals surface area contributed by atoms with E-state index in [-0.39, 0.29) is 18.0 Å². The molecule has 1 aromatic carbocycles. The van der Waals surface area contributed by atoms with E-state index in [1.165, 1.54) is 12.1 Å². The molecule has 0 N–H and O–H groups in total. The molecule has 1 aromatic heterocycles. The van der Waals surface area contributed by atoms with Crippen molar-refractivity contribution < 1.29 is 13.6 Å². The van der Waals surface area contributed by atoms with Gasteiger partial charge in [-0.3, -0.25) is 19.2 Å². The van der Waals surface area contributed by atoms with Crippen LogP contribution in [0.4, 0.5) is 14.6 Å². The Morgan fingerprint density at radius 3 is 2.70 bits per heavy atom. The first-order chi connectivity index (χ1) is 12.7. The van der Waals surface area contributed by atoms with Crippen molar-refractivity contribution in [2.75, 3.05) is 18.0 Å². The number of guanidine groups is 1. The van der Waals surface area contributed by atoms with Gasteiger partial charge in [-0.1, -0.05) is 6.07 Å². The largest absolute Gasteiger partial charge is 0.300 e. The van der Waals surface area contributed by atoms with Crippen molar-refractivity contribution in [3.63, 3.8) is 0 Å². The molecule has 6 nitrogen and oxygen atoms in total. The maximum absolute atomic E-state index is 14.2. The summed E-state index contributed by atoms with van der Waals surface area (Å²) in [6, 6.07) is 3.46. The van der Waals surface area contributed by atoms with Crippen LogP contribution in [0, 0.1) is 11.6 Å². The van der Waals surface area contributed by atoms with E-state index in [0.717, 1.165) is 6.07 Å². The van der Waals surface area contributed by atoms with Crippen LogP contribution in [0.1, 0.15) is 36.8 Å². The van der Waals surface area contributed by atoms with Crippen LogP contribution in [-0.2, 0) is 6.54 Å². The fourth-order valence-electron chi connectivity index (χ4n) is 3.50. The highest BCUT2D eigenvalue weighted by atomic mass is 79.9. The number of anilines is 1. The molecule has 0 spiro atoms. The molecule has 142 valence electrons. The summed E-state index contributed by atoms with van der Waals surface area (Å²) in [5, 5.41) is 0. The monoisotopic (exact) mass is 437 g/mol. The van der Waals surface area contributed by atoms with Gasteiger partial charge in [-0.2, -0.15) is 0 Å². The lowest BCUT2D eigenvalue weighted by molar-refractivity contribution is 0.0841. The van der Waals surface area contributed by atoms with E-state index in [0.29, 0.717) is 40.9 Å². The van der Waals surface area contributed by atoms with E-state index < -0.39 is 11.6 Å². The summed E-state index contributed by atoms with van der Waals surface area (Å²) in [5.74, 6) is -0.359. The minimum absolute atomic E-state index is 0.110. The summed E-state index contributed by atoms with van der Waals surface area (Å²) in [7, 11) is 0. The number of carbonyl (C=O) groups is 1. The Labute approximate surface area is 163 Å². The molecule has 2 aliphatic rings. The summed E-state index contributed by atoms with van der Waals surface area (Å²) in [4.78, 5) is 25.5. The van der Waals surface area contributed by atoms with Gasteiger partial charge in [-0.25, -0.2) is 18.8 Å². The molecule has 0 fully saturated rings. The van der Waals surface area contributed by atoms with Gasteiger partial charge in [0, 0.05) is 18.2 Å². The molecule has 0 saturated heterocycles. The van der Waals surface area contributed by atoms with Crippen molar-refractivity contribution in [2.24, 2.45) is 4.99 Å². The molecule has 3 heterocycles. The Kier molecular flexibility index (Phi) is 4.10. The average molecular weight is 438 g/mol. The van der Waals surface area contributed by atoms with Gasteiger partial charge in [0.1, 0.15) is 17.5 Å². The van der Waals surface area contributed by atoms with Gasteiger partial charge < -0.3 is 0 Å². The smallest absolute Gasteiger partial charge is 0.283 e. The molecular formula is C18H18BrF2N5O. The molecule has 9 heteroatoms. The molecule has 4 rings (SSSR count). The number of aromatic nitrogens is 2. The van der Waals surface area contributed by atoms with Crippen LogP contribution in [-0.4, -0.2) is 44.9 Å². The van der Waals surface area contributed by atoms with E-state index >= 15 is 0 Å². The standard InChI is InChI=1S/C18H18BrF2N5O/c1-4-24-15(27)13-14(26-9-18(2,3)23-17(24)26)25(16(19)22-13)8-10-5-6-11(20)7-12(10)21/h5-7H,4,8-9H2,1-3H3. The van der Waals surface area contributed by atoms with Crippen LogP contribution in [0.2, 0.25) is 0 Å². The SMILES string of the molecule is CCN1C(=O)c2nc(Br)n(Cc3ccc(F)cc3F)c2N2CC(C)(C)N=C12. The second-order valence-electron chi connectivity index (χ2n) is 7.23. The van der Waals surface area contributed by atoms with E-state index in [4.69, 9.17) is 4.99 Å². The van der Waals surface area contributed by atoms with Crippen LogP contribution in [0.25, 0.3) is 0 Å². The summed E-state index contributed by atoms with van der Waals surface area (Å²) in [6.45, 7) is 7.02. The van der Waals surface area contributed by atoms with Gasteiger partial charge in [0.2, 0.25) is 5.96 Å². The lowest BCUT2D eigenvalue weighted by Crippen LogP contribution is -2.51. The lowest BCUT2D eigenvalue weighted by atomic mass is 10.1. The van der Waals surface area contributed by atoms with Crippen LogP contribution < -0.4 is 4.90 Å². The third-order valence-corrected chi connectivity index (χ3v) is 5.29. The molecule has 2 aliphatic heterocycles. The number of nitrogens with zero attached hydrogens (tertiary/aromatic N) is 5. The van der Waals surface area contributed by atoms with E-state index in [1.54, 1.807) is 9.47 Å². The van der Waals surface area contributed by atoms with Crippen molar-refractivity contribution in [1.29, 1.82) is 0 Å². The highest BCUT2D eigenvalue weighted by Gasteiger charge is 2.45. The first kappa shape index (κ1) is 18.1. The van der Waals surface area contributed by atoms with Gasteiger partial charge >= 0.3 is 0 Å². The normalized spacial score (nSPS) is 17.9. The first-order valence-corrected chi connectivity index (χ1v) is 9.40. The molecule has 0 unspecified atom stereocenters. The topological polar surface area (TPSA) is 53.7 Å². The number of benzene rings is 1. The molecule has 0 bridgehead atoms. The van der Waals surface area contributed by atoms with Gasteiger partial charge in [-0.15, -0.1) is 0 Å². The molecule has 2 aromatic rings. The van der Waals surface area contributed by atoms with Crippen molar-refractivity contribution >= 4 is 33.6 Å². The molecular weight excluding hydrogens is 420 g/mol. The Hall–Kier alpha value is -2.29. The number of halogens is 3. The number of fused-ring (bicyclic) bond motifs is 3. The number of rotatable bonds is 3. The molecule has 0 aliphatic carbocycles. The third kappa shape index (κ3) is 2.84. The van der Waals surface area contributed by atoms with Crippen LogP contribution in [0.5, 0.6) is 0 Å². The molecule has 0 saturated carbocycles. The summed E-state index contributed by atoms with van der Waals surface area (Å²) >= 11 is 3.39. The number of hydrogen-bond donors (Lipinski definition) is 0. The molecule has 27 heavy (non-hydrogen) atoms. The second kappa shape index (κ2) is 6.12. The summed E-state index contributed by atoms with van der Waals surface area (Å²) in [6.07, 6.45) is 0. The predicted octanol–water partition coefficient (Wildman–Crippen LogP) is 3.40. The van der Waals surface area contributed by atoms with Crippen molar-refractivity contribution in [2.45, 2.75) is 32.9 Å². The predicted molar refractivity (Wildman–Crippen MR) is 101 cm³/mol. The quantitative estimate of drug-likeness (QED) is 0.739. The Morgan fingerprint density at radius 2 is 2.04 bits per heavy atom. The zero-order valence-corrected chi connectivity index (χ0v) is 16.7. The minimum atomic E-state index is -0.641. The van der Waals surface area contributed by atoms with Gasteiger partial charge in [-0.05, 0) is 42.8 Å². The third-order valence-electron chi connectivity index (χ3n) is 4.69. The zero-order valence-electron chi connectivity index (χ0n) is 15.1. The summed E-state index contributed by atoms with van der Waals surface area (Å²) in [5.41, 5.74) is 0.232. The fourth-order valence-corrected chi connectivity index (χ4v) is 3.97. The van der Waals surface area contributed by atoms with Gasteiger partial charge in [0.15, 0.2) is 10.4 Å². The minimum Gasteiger partial charge on any atom is -0.300 e. The first-order valence-electron chi connectivity index (χ1n) is 8.61. The zero-order chi connectivity index (χ0) is 19.5. The number of imidazole rings is 1. The summed E-state index contributed by atoms with van der Waals surface area (Å²) < 4.78 is 29.5. The Balaban J connectivity index is 1.84. The van der Waals surface area contributed by atoms with Crippen LogP contribution in [0.15, 0.2) is 27.9 Å². The van der Waals surface area contributed by atoms with E-state index in [2.05, 4.69) is 20.9 Å². The highest BCUT2D eigenvalue weighted by molar-refractivity contribution is 9.10. The van der Waals surface area contributed by atoms with E-state index in [9.17, 15) is 13.6 Å². The second-order valence-corrected chi connectivity index (χ2v) is 7.94. The molecule has 1 amide bonds. The van der Waals surface area contributed by atoms with Crippen molar-refractivity contribution in [3.8, 4) is 0 Å². The number of carbonyl (C=O) groups excluding carboxylic acids is 1. The Bertz CT molecular complexity index is 984. The van der Waals surface area contributed by atoms with Crippen LogP contribution in [0.3, 0.4) is 0 Å². The average Bonchev–Trinajstić information content (AvgIpc) is 3.07. The number of hydrogen-bond acceptors (Lipinski definition) is 4. The number of aliphatic imine (C=N–C) groups is 1. The molecule has 0 atom stereocenters.